The number of para-hydroxylation sites is 1. The molecule has 0 spiro atoms. The predicted molar refractivity (Wildman–Crippen MR) is 126 cm³/mol. The van der Waals surface area contributed by atoms with E-state index in [4.69, 9.17) is 0 Å². The number of nitrogens with one attached hydrogen (secondary N) is 1. The fourth-order valence-corrected chi connectivity index (χ4v) is 7.63. The number of thiophene rings is 1. The molecular weight excluding hydrogens is 428 g/mol. The van der Waals surface area contributed by atoms with Crippen molar-refractivity contribution in [3.8, 4) is 0 Å². The van der Waals surface area contributed by atoms with Gasteiger partial charge in [-0.25, -0.2) is 13.1 Å². The van der Waals surface area contributed by atoms with Crippen molar-refractivity contribution < 1.29 is 8.42 Å². The summed E-state index contributed by atoms with van der Waals surface area (Å²) in [5.41, 5.74) is 1.33. The molecule has 0 radical (unpaired) electrons. The molecule has 4 unspecified atom stereocenters. The molecule has 4 fully saturated rings. The van der Waals surface area contributed by atoms with E-state index in [0.717, 1.165) is 45.7 Å². The molecule has 4 aliphatic rings. The Kier molecular flexibility index (Phi) is 6.35. The van der Waals surface area contributed by atoms with E-state index in [1.165, 1.54) is 30.0 Å². The van der Waals surface area contributed by atoms with E-state index in [2.05, 4.69) is 49.8 Å². The van der Waals surface area contributed by atoms with Crippen molar-refractivity contribution in [2.24, 2.45) is 11.8 Å². The molecule has 0 amide bonds. The van der Waals surface area contributed by atoms with Gasteiger partial charge in [-0.2, -0.15) is 0 Å². The average molecular weight is 461 g/mol. The Morgan fingerprint density at radius 1 is 1.00 bits per heavy atom. The lowest BCUT2D eigenvalue weighted by Gasteiger charge is -2.51. The number of hydrogen-bond donors (Lipinski definition) is 1. The molecule has 4 saturated heterocycles. The summed E-state index contributed by atoms with van der Waals surface area (Å²) in [6.07, 6.45) is 2.37. The number of piperazine rings is 1. The Labute approximate surface area is 189 Å². The largest absolute Gasteiger partial charge is 0.369 e. The van der Waals surface area contributed by atoms with Crippen LogP contribution in [0.3, 0.4) is 0 Å². The maximum absolute atomic E-state index is 12.5. The molecule has 1 aromatic carbocycles. The van der Waals surface area contributed by atoms with E-state index >= 15 is 0 Å². The fourth-order valence-electron chi connectivity index (χ4n) is 5.52. The fraction of sp³-hybridized carbons (Fsp3) is 0.565. The van der Waals surface area contributed by atoms with Gasteiger partial charge in [-0.05, 0) is 54.8 Å². The van der Waals surface area contributed by atoms with Gasteiger partial charge in [0.15, 0.2) is 0 Å². The highest BCUT2D eigenvalue weighted by atomic mass is 32.2. The van der Waals surface area contributed by atoms with Crippen molar-refractivity contribution >= 4 is 27.0 Å². The minimum Gasteiger partial charge on any atom is -0.369 e. The second-order valence-corrected chi connectivity index (χ2v) is 12.0. The first-order valence-electron chi connectivity index (χ1n) is 11.4. The summed E-state index contributed by atoms with van der Waals surface area (Å²) in [7, 11) is -3.37. The first-order valence-corrected chi connectivity index (χ1v) is 13.7. The number of rotatable bonds is 7. The van der Waals surface area contributed by atoms with Gasteiger partial charge in [-0.3, -0.25) is 9.80 Å². The molecule has 168 valence electrons. The first kappa shape index (κ1) is 21.4. The summed E-state index contributed by atoms with van der Waals surface area (Å²) >= 11 is 1.28. The van der Waals surface area contributed by atoms with E-state index < -0.39 is 10.0 Å². The van der Waals surface area contributed by atoms with Crippen LogP contribution in [0.15, 0.2) is 52.1 Å². The van der Waals surface area contributed by atoms with Gasteiger partial charge in [0.1, 0.15) is 4.21 Å². The van der Waals surface area contributed by atoms with Crippen LogP contribution >= 0.6 is 11.3 Å². The lowest BCUT2D eigenvalue weighted by atomic mass is 9.75. The third kappa shape index (κ3) is 4.83. The average Bonchev–Trinajstić information content (AvgIpc) is 3.36. The number of benzene rings is 1. The predicted octanol–water partition coefficient (Wildman–Crippen LogP) is 2.56. The Morgan fingerprint density at radius 2 is 1.81 bits per heavy atom. The van der Waals surface area contributed by atoms with Gasteiger partial charge in [-0.15, -0.1) is 11.3 Å². The first-order chi connectivity index (χ1) is 15.1. The highest BCUT2D eigenvalue weighted by molar-refractivity contribution is 7.91. The van der Waals surface area contributed by atoms with Crippen molar-refractivity contribution in [2.45, 2.75) is 23.1 Å². The molecule has 1 aromatic heterocycles. The SMILES string of the molecule is O=S(=O)(NCC1CC2CCN1CC2CN1CCN(c2ccccc2)CC1)c1cccs1. The van der Waals surface area contributed by atoms with Crippen molar-refractivity contribution in [1.29, 1.82) is 0 Å². The van der Waals surface area contributed by atoms with Gasteiger partial charge >= 0.3 is 0 Å². The maximum Gasteiger partial charge on any atom is 0.250 e. The van der Waals surface area contributed by atoms with E-state index in [1.807, 2.05) is 5.38 Å². The molecule has 4 aliphatic heterocycles. The Bertz CT molecular complexity index is 943. The van der Waals surface area contributed by atoms with Gasteiger partial charge in [0.2, 0.25) is 10.0 Å². The van der Waals surface area contributed by atoms with E-state index in [-0.39, 0.29) is 0 Å². The van der Waals surface area contributed by atoms with Crippen LogP contribution in [0.5, 0.6) is 0 Å². The maximum atomic E-state index is 12.5. The molecule has 31 heavy (non-hydrogen) atoms. The van der Waals surface area contributed by atoms with Crippen LogP contribution < -0.4 is 9.62 Å². The molecule has 1 N–H and O–H groups in total. The topological polar surface area (TPSA) is 55.9 Å². The highest BCUT2D eigenvalue weighted by Crippen LogP contribution is 2.37. The normalized spacial score (nSPS) is 29.4. The molecule has 5 heterocycles. The van der Waals surface area contributed by atoms with Crippen molar-refractivity contribution in [2.75, 3.05) is 57.3 Å². The Balaban J connectivity index is 1.11. The van der Waals surface area contributed by atoms with Crippen LogP contribution in [0.1, 0.15) is 12.8 Å². The van der Waals surface area contributed by atoms with Crippen molar-refractivity contribution in [3.63, 3.8) is 0 Å². The zero-order chi connectivity index (χ0) is 21.3. The summed E-state index contributed by atoms with van der Waals surface area (Å²) in [5.74, 6) is 1.43. The molecule has 0 aliphatic carbocycles. The molecule has 8 heteroatoms. The highest BCUT2D eigenvalue weighted by Gasteiger charge is 2.41. The second-order valence-electron chi connectivity index (χ2n) is 9.10. The van der Waals surface area contributed by atoms with E-state index in [0.29, 0.717) is 28.6 Å². The molecule has 4 atom stereocenters. The zero-order valence-corrected chi connectivity index (χ0v) is 19.5. The third-order valence-corrected chi connectivity index (χ3v) is 10.1. The second kappa shape index (κ2) is 9.19. The van der Waals surface area contributed by atoms with Gasteiger partial charge < -0.3 is 4.90 Å². The van der Waals surface area contributed by atoms with Gasteiger partial charge in [0, 0.05) is 57.5 Å². The number of anilines is 1. The van der Waals surface area contributed by atoms with Crippen molar-refractivity contribution in [3.05, 3.63) is 47.8 Å². The summed E-state index contributed by atoms with van der Waals surface area (Å²) in [6, 6.07) is 14.5. The van der Waals surface area contributed by atoms with E-state index in [1.54, 1.807) is 12.1 Å². The van der Waals surface area contributed by atoms with Crippen LogP contribution in [0.25, 0.3) is 0 Å². The molecule has 0 saturated carbocycles. The Morgan fingerprint density at radius 3 is 2.48 bits per heavy atom. The number of hydrogen-bond acceptors (Lipinski definition) is 6. The van der Waals surface area contributed by atoms with Crippen LogP contribution in [-0.4, -0.2) is 76.6 Å². The smallest absolute Gasteiger partial charge is 0.250 e. The van der Waals surface area contributed by atoms with Gasteiger partial charge in [0.05, 0.1) is 0 Å². The standard InChI is InChI=1S/C23H32N4O2S2/c28-31(29,23-7-4-14-30-23)24-16-22-15-19-8-9-27(22)18-20(19)17-25-10-12-26(13-11-25)21-5-2-1-3-6-21/h1-7,14,19-20,22,24H,8-13,15-18H2. The monoisotopic (exact) mass is 460 g/mol. The molecule has 2 bridgehead atoms. The zero-order valence-electron chi connectivity index (χ0n) is 17.9. The van der Waals surface area contributed by atoms with Gasteiger partial charge in [0.25, 0.3) is 0 Å². The minimum absolute atomic E-state index is 0.333. The third-order valence-electron chi connectivity index (χ3n) is 7.27. The van der Waals surface area contributed by atoms with Crippen LogP contribution in [0, 0.1) is 11.8 Å². The molecule has 6 rings (SSSR count). The minimum atomic E-state index is -3.37. The summed E-state index contributed by atoms with van der Waals surface area (Å²) in [6.45, 7) is 8.36. The molecular formula is C23H32N4O2S2. The summed E-state index contributed by atoms with van der Waals surface area (Å²) in [4.78, 5) is 7.66. The van der Waals surface area contributed by atoms with E-state index in [9.17, 15) is 8.42 Å². The number of fused-ring (bicyclic) bond motifs is 3. The summed E-state index contributed by atoms with van der Waals surface area (Å²) in [5, 5.41) is 1.81. The van der Waals surface area contributed by atoms with Crippen LogP contribution in [-0.2, 0) is 10.0 Å². The molecule has 2 aromatic rings. The van der Waals surface area contributed by atoms with Crippen LogP contribution in [0.2, 0.25) is 0 Å². The number of sulfonamides is 1. The Hall–Kier alpha value is -1.45. The summed E-state index contributed by atoms with van der Waals surface area (Å²) < 4.78 is 28.2. The number of piperidine rings is 3. The lowest BCUT2D eigenvalue weighted by molar-refractivity contribution is -0.0107. The van der Waals surface area contributed by atoms with Gasteiger partial charge in [-0.1, -0.05) is 24.3 Å². The number of nitrogens with zero attached hydrogens (tertiary/aromatic N) is 3. The van der Waals surface area contributed by atoms with Crippen molar-refractivity contribution in [1.82, 2.24) is 14.5 Å². The quantitative estimate of drug-likeness (QED) is 0.688. The van der Waals surface area contributed by atoms with Crippen LogP contribution in [0.4, 0.5) is 5.69 Å². The molecule has 6 nitrogen and oxygen atoms in total. The lowest BCUT2D eigenvalue weighted by Crippen LogP contribution is -2.59.